The Bertz CT molecular complexity index is 1210. The van der Waals surface area contributed by atoms with Crippen LogP contribution in [0.25, 0.3) is 0 Å². The number of halogens is 3. The predicted octanol–water partition coefficient (Wildman–Crippen LogP) is 7.60. The summed E-state index contributed by atoms with van der Waals surface area (Å²) >= 11 is 0. The highest BCUT2D eigenvalue weighted by Gasteiger charge is 2.47. The van der Waals surface area contributed by atoms with E-state index in [2.05, 4.69) is 53.4 Å². The summed E-state index contributed by atoms with van der Waals surface area (Å²) in [4.78, 5) is 14.2. The number of carbonyl (C=O) groups is 1. The van der Waals surface area contributed by atoms with Gasteiger partial charge in [0.25, 0.3) is 0 Å². The van der Waals surface area contributed by atoms with Crippen molar-refractivity contribution in [2.24, 2.45) is 5.92 Å². The number of nitrogens with zero attached hydrogens (tertiary/aromatic N) is 1. The van der Waals surface area contributed by atoms with Crippen LogP contribution in [0.3, 0.4) is 0 Å². The van der Waals surface area contributed by atoms with Gasteiger partial charge in [-0.15, -0.1) is 0 Å². The van der Waals surface area contributed by atoms with E-state index in [0.717, 1.165) is 36.2 Å². The van der Waals surface area contributed by atoms with Crippen LogP contribution in [0.4, 0.5) is 24.5 Å². The highest BCUT2D eigenvalue weighted by Crippen LogP contribution is 2.50. The molecule has 1 heterocycles. The van der Waals surface area contributed by atoms with Gasteiger partial charge in [0.15, 0.2) is 0 Å². The van der Waals surface area contributed by atoms with Gasteiger partial charge >= 0.3 is 12.1 Å². The largest absolute Gasteiger partial charge is 0.465 e. The van der Waals surface area contributed by atoms with E-state index in [4.69, 9.17) is 4.74 Å². The molecule has 0 amide bonds. The summed E-state index contributed by atoms with van der Waals surface area (Å²) in [6.07, 6.45) is -1.05. The number of alkyl halides is 3. The number of carbonyl (C=O) groups excluding carboxylic acids is 1. The minimum atomic E-state index is -4.17. The van der Waals surface area contributed by atoms with Gasteiger partial charge in [-0.3, -0.25) is 0 Å². The van der Waals surface area contributed by atoms with Crippen molar-refractivity contribution in [3.63, 3.8) is 0 Å². The Hall–Kier alpha value is -3.28. The molecule has 1 saturated carbocycles. The number of para-hydroxylation sites is 1. The Morgan fingerprint density at radius 2 is 1.53 bits per heavy atom. The zero-order valence-corrected chi connectivity index (χ0v) is 20.4. The van der Waals surface area contributed by atoms with Crippen LogP contribution in [0.2, 0.25) is 0 Å². The molecule has 2 aliphatic rings. The van der Waals surface area contributed by atoms with Gasteiger partial charge in [0, 0.05) is 23.3 Å². The molecule has 0 saturated heterocycles. The number of ether oxygens (including phenoxy) is 1. The molecular formula is C30H30F3NO2. The summed E-state index contributed by atoms with van der Waals surface area (Å²) in [5.74, 6) is -1.70. The molecule has 3 nitrogen and oxygen atoms in total. The Labute approximate surface area is 209 Å². The average molecular weight is 494 g/mol. The maximum Gasteiger partial charge on any atom is 0.391 e. The van der Waals surface area contributed by atoms with Crippen molar-refractivity contribution in [2.75, 3.05) is 18.6 Å². The van der Waals surface area contributed by atoms with Crippen molar-refractivity contribution in [2.45, 2.75) is 50.1 Å². The Morgan fingerprint density at radius 1 is 0.917 bits per heavy atom. The van der Waals surface area contributed by atoms with Crippen LogP contribution >= 0.6 is 0 Å². The lowest BCUT2D eigenvalue weighted by molar-refractivity contribution is -0.184. The van der Waals surface area contributed by atoms with Crippen LogP contribution in [-0.4, -0.2) is 25.8 Å². The van der Waals surface area contributed by atoms with Crippen molar-refractivity contribution < 1.29 is 22.7 Å². The second-order valence-corrected chi connectivity index (χ2v) is 9.90. The van der Waals surface area contributed by atoms with Crippen molar-refractivity contribution in [1.29, 1.82) is 0 Å². The molecule has 0 unspecified atom stereocenters. The number of methoxy groups -OCH3 is 1. The molecule has 6 heteroatoms. The van der Waals surface area contributed by atoms with E-state index >= 15 is 0 Å². The van der Waals surface area contributed by atoms with Crippen molar-refractivity contribution in [1.82, 2.24) is 0 Å². The van der Waals surface area contributed by atoms with Gasteiger partial charge in [0.05, 0.1) is 18.6 Å². The van der Waals surface area contributed by atoms with Crippen LogP contribution in [0.15, 0.2) is 72.8 Å². The van der Waals surface area contributed by atoms with Gasteiger partial charge in [-0.05, 0) is 85.5 Å². The maximum absolute atomic E-state index is 13.5. The minimum absolute atomic E-state index is 0.0868. The number of anilines is 2. The number of esters is 1. The lowest BCUT2D eigenvalue weighted by atomic mass is 9.63. The fourth-order valence-electron chi connectivity index (χ4n) is 5.99. The Balaban J connectivity index is 1.49. The quantitative estimate of drug-likeness (QED) is 0.351. The summed E-state index contributed by atoms with van der Waals surface area (Å²) < 4.78 is 45.3. The van der Waals surface area contributed by atoms with Crippen LogP contribution in [0.5, 0.6) is 0 Å². The van der Waals surface area contributed by atoms with Gasteiger partial charge in [-0.1, -0.05) is 42.5 Å². The third-order valence-electron chi connectivity index (χ3n) is 8.00. The van der Waals surface area contributed by atoms with E-state index in [-0.39, 0.29) is 12.8 Å². The molecule has 0 spiro atoms. The molecule has 0 radical (unpaired) electrons. The number of benzene rings is 3. The molecule has 1 fully saturated rings. The van der Waals surface area contributed by atoms with Gasteiger partial charge in [-0.25, -0.2) is 4.79 Å². The molecule has 36 heavy (non-hydrogen) atoms. The van der Waals surface area contributed by atoms with Crippen LogP contribution < -0.4 is 4.90 Å². The van der Waals surface area contributed by atoms with Crippen LogP contribution in [0.1, 0.15) is 59.2 Å². The highest BCUT2D eigenvalue weighted by atomic mass is 19.4. The van der Waals surface area contributed by atoms with Crippen LogP contribution in [0, 0.1) is 5.92 Å². The standard InChI is InChI=1S/C30H30F3NO2/c1-36-28(35)22-8-10-23(11-9-22)29(18-16-25(17-19-29)30(31,32)33)24-12-14-26(15-13-24)34-20-4-6-21-5-2-3-7-27(21)34/h2-3,5,7-15,25H,4,6,16-20H2,1H3. The molecule has 0 aromatic heterocycles. The fourth-order valence-corrected chi connectivity index (χ4v) is 5.99. The first-order chi connectivity index (χ1) is 17.3. The molecule has 5 rings (SSSR count). The number of hydrogen-bond donors (Lipinski definition) is 0. The Morgan fingerprint density at radius 3 is 2.14 bits per heavy atom. The number of rotatable bonds is 4. The third kappa shape index (κ3) is 4.49. The van der Waals surface area contributed by atoms with Gasteiger partial charge in [-0.2, -0.15) is 13.2 Å². The number of fused-ring (bicyclic) bond motifs is 1. The fraction of sp³-hybridized carbons (Fsp3) is 0.367. The monoisotopic (exact) mass is 493 g/mol. The third-order valence-corrected chi connectivity index (χ3v) is 8.00. The molecule has 188 valence electrons. The summed E-state index contributed by atoms with van der Waals surface area (Å²) in [5, 5.41) is 0. The molecule has 0 atom stereocenters. The first-order valence-corrected chi connectivity index (χ1v) is 12.5. The lowest BCUT2D eigenvalue weighted by Gasteiger charge is -2.42. The highest BCUT2D eigenvalue weighted by molar-refractivity contribution is 5.89. The first-order valence-electron chi connectivity index (χ1n) is 12.5. The number of hydrogen-bond acceptors (Lipinski definition) is 3. The first kappa shape index (κ1) is 24.4. The number of aryl methyl sites for hydroxylation is 1. The summed E-state index contributed by atoms with van der Waals surface area (Å²) in [7, 11) is 1.33. The maximum atomic E-state index is 13.5. The van der Waals surface area contributed by atoms with E-state index in [1.54, 1.807) is 12.1 Å². The molecule has 1 aliphatic carbocycles. The summed E-state index contributed by atoms with van der Waals surface area (Å²) in [5.41, 5.74) is 5.49. The average Bonchev–Trinajstić information content (AvgIpc) is 2.92. The second kappa shape index (κ2) is 9.64. The zero-order valence-electron chi connectivity index (χ0n) is 20.4. The normalized spacial score (nSPS) is 22.1. The van der Waals surface area contributed by atoms with Crippen LogP contribution in [-0.2, 0) is 16.6 Å². The summed E-state index contributed by atoms with van der Waals surface area (Å²) in [6, 6.07) is 23.9. The summed E-state index contributed by atoms with van der Waals surface area (Å²) in [6.45, 7) is 0.934. The second-order valence-electron chi connectivity index (χ2n) is 9.90. The SMILES string of the molecule is COC(=O)c1ccc(C2(c3ccc(N4CCCc5ccccc54)cc3)CCC(C(F)(F)F)CC2)cc1. The lowest BCUT2D eigenvalue weighted by Crippen LogP contribution is -2.37. The molecule has 0 N–H and O–H groups in total. The van der Waals surface area contributed by atoms with Gasteiger partial charge in [0.2, 0.25) is 0 Å². The molecular weight excluding hydrogens is 463 g/mol. The van der Waals surface area contributed by atoms with Crippen molar-refractivity contribution in [3.05, 3.63) is 95.1 Å². The predicted molar refractivity (Wildman–Crippen MR) is 135 cm³/mol. The van der Waals surface area contributed by atoms with E-state index < -0.39 is 23.5 Å². The molecule has 3 aromatic rings. The minimum Gasteiger partial charge on any atom is -0.465 e. The zero-order chi connectivity index (χ0) is 25.3. The van der Waals surface area contributed by atoms with E-state index in [1.807, 2.05) is 12.1 Å². The smallest absolute Gasteiger partial charge is 0.391 e. The van der Waals surface area contributed by atoms with E-state index in [9.17, 15) is 18.0 Å². The topological polar surface area (TPSA) is 29.5 Å². The van der Waals surface area contributed by atoms with Gasteiger partial charge < -0.3 is 9.64 Å². The van der Waals surface area contributed by atoms with E-state index in [1.165, 1.54) is 18.4 Å². The Kier molecular flexibility index (Phi) is 6.54. The molecule has 3 aromatic carbocycles. The van der Waals surface area contributed by atoms with E-state index in [0.29, 0.717) is 18.4 Å². The van der Waals surface area contributed by atoms with Crippen molar-refractivity contribution in [3.8, 4) is 0 Å². The molecule has 0 bridgehead atoms. The van der Waals surface area contributed by atoms with Gasteiger partial charge in [0.1, 0.15) is 0 Å². The van der Waals surface area contributed by atoms with Crippen molar-refractivity contribution >= 4 is 17.3 Å². The molecule has 1 aliphatic heterocycles.